The molecule has 1 heterocycles. The molecule has 0 atom stereocenters. The normalized spacial score (nSPS) is 13.5. The quantitative estimate of drug-likeness (QED) is 0.339. The van der Waals surface area contributed by atoms with Gasteiger partial charge in [0.15, 0.2) is 12.4 Å². The largest absolute Gasteiger partial charge is 0.488 e. The van der Waals surface area contributed by atoms with Crippen LogP contribution in [0.1, 0.15) is 29.8 Å². The summed E-state index contributed by atoms with van der Waals surface area (Å²) in [6.45, 7) is 11.5. The fourth-order valence-corrected chi connectivity index (χ4v) is 3.30. The van der Waals surface area contributed by atoms with Crippen molar-refractivity contribution >= 4 is 23.5 Å². The summed E-state index contributed by atoms with van der Waals surface area (Å²) in [5.41, 5.74) is 0.699. The molecule has 162 valence electrons. The summed E-state index contributed by atoms with van der Waals surface area (Å²) in [5.74, 6) is 1.62. The first-order valence-corrected chi connectivity index (χ1v) is 10.2. The van der Waals surface area contributed by atoms with E-state index in [0.29, 0.717) is 22.8 Å². The van der Waals surface area contributed by atoms with Crippen molar-refractivity contribution < 1.29 is 23.7 Å². The molecule has 0 spiro atoms. The van der Waals surface area contributed by atoms with Crippen molar-refractivity contribution in [2.45, 2.75) is 19.4 Å². The molecule has 0 radical (unpaired) electrons. The van der Waals surface area contributed by atoms with E-state index in [-0.39, 0.29) is 36.4 Å². The van der Waals surface area contributed by atoms with Gasteiger partial charge in [0.05, 0.1) is 11.1 Å². The zero-order valence-corrected chi connectivity index (χ0v) is 18.4. The minimum atomic E-state index is -0.398. The molecule has 2 aromatic carbocycles. The van der Waals surface area contributed by atoms with E-state index in [9.17, 15) is 4.79 Å². The van der Waals surface area contributed by atoms with Gasteiger partial charge in [0, 0.05) is 0 Å². The highest BCUT2D eigenvalue weighted by Gasteiger charge is 2.24. The van der Waals surface area contributed by atoms with Gasteiger partial charge >= 0.3 is 0 Å². The van der Waals surface area contributed by atoms with Gasteiger partial charge in [-0.05, 0) is 50.3 Å². The van der Waals surface area contributed by atoms with Gasteiger partial charge < -0.3 is 18.9 Å². The van der Waals surface area contributed by atoms with Crippen LogP contribution < -0.4 is 18.9 Å². The fourth-order valence-electron chi connectivity index (χ4n) is 3.03. The van der Waals surface area contributed by atoms with E-state index in [2.05, 4.69) is 13.2 Å². The van der Waals surface area contributed by atoms with E-state index in [1.54, 1.807) is 30.4 Å². The minimum Gasteiger partial charge on any atom is -0.488 e. The van der Waals surface area contributed by atoms with Crippen molar-refractivity contribution in [3.05, 3.63) is 77.9 Å². The Balaban J connectivity index is 1.82. The van der Waals surface area contributed by atoms with Crippen molar-refractivity contribution in [1.82, 2.24) is 0 Å². The molecule has 0 bridgehead atoms. The number of ketones is 1. The van der Waals surface area contributed by atoms with Gasteiger partial charge in [0.2, 0.25) is 5.78 Å². The van der Waals surface area contributed by atoms with Crippen molar-refractivity contribution in [1.29, 1.82) is 0 Å². The van der Waals surface area contributed by atoms with Crippen molar-refractivity contribution in [2.24, 2.45) is 0 Å². The first kappa shape index (κ1) is 22.5. The average Bonchev–Trinajstić information content (AvgIpc) is 2.74. The van der Waals surface area contributed by atoms with E-state index < -0.39 is 5.60 Å². The molecule has 0 aromatic heterocycles. The number of rotatable bonds is 10. The zero-order chi connectivity index (χ0) is 22.4. The number of fused-ring (bicyclic) bond motifs is 1. The Morgan fingerprint density at radius 2 is 1.81 bits per heavy atom. The first-order chi connectivity index (χ1) is 14.9. The lowest BCUT2D eigenvalue weighted by Gasteiger charge is -2.28. The molecule has 0 saturated carbocycles. The Kier molecular flexibility index (Phi) is 7.08. The third kappa shape index (κ3) is 5.30. The van der Waals surface area contributed by atoms with Gasteiger partial charge in [-0.1, -0.05) is 43.0 Å². The molecule has 1 aliphatic heterocycles. The molecule has 31 heavy (non-hydrogen) atoms. The Morgan fingerprint density at radius 1 is 1.06 bits per heavy atom. The summed E-state index contributed by atoms with van der Waals surface area (Å²) in [6.07, 6.45) is 7.07. The van der Waals surface area contributed by atoms with E-state index in [1.807, 2.05) is 38.1 Å². The van der Waals surface area contributed by atoms with Crippen LogP contribution in [0.4, 0.5) is 0 Å². The highest BCUT2D eigenvalue weighted by atomic mass is 35.5. The fraction of sp³-hybridized carbons (Fsp3) is 0.240. The lowest BCUT2D eigenvalue weighted by atomic mass is 10.0. The SMILES string of the molecule is C=CCOc1ccc(C(=O)COc2cccc3c2C=CC(C)(C)O3)c(OCC=C)c1Cl. The number of carbonyl (C=O) groups is 1. The molecule has 0 amide bonds. The molecule has 3 rings (SSSR count). The summed E-state index contributed by atoms with van der Waals surface area (Å²) in [5, 5.41) is 0.213. The highest BCUT2D eigenvalue weighted by Crippen LogP contribution is 2.39. The minimum absolute atomic E-state index is 0.190. The standard InChI is InChI=1S/C25H25ClO5/c1-5-14-28-22-11-10-17(24(23(22)26)29-15-6-2)19(27)16-30-20-8-7-9-21-18(20)12-13-25(3,4)31-21/h5-13H,1-2,14-16H2,3-4H3. The molecule has 5 nitrogen and oxygen atoms in total. The maximum Gasteiger partial charge on any atom is 0.203 e. The monoisotopic (exact) mass is 440 g/mol. The van der Waals surface area contributed by atoms with Gasteiger partial charge in [0.25, 0.3) is 0 Å². The number of halogens is 1. The second kappa shape index (κ2) is 9.75. The molecule has 6 heteroatoms. The molecule has 0 N–H and O–H groups in total. The van der Waals surface area contributed by atoms with E-state index in [1.165, 1.54) is 0 Å². The van der Waals surface area contributed by atoms with Crippen molar-refractivity contribution in [2.75, 3.05) is 19.8 Å². The van der Waals surface area contributed by atoms with Crippen LogP contribution in [0.25, 0.3) is 6.08 Å². The maximum absolute atomic E-state index is 13.0. The predicted molar refractivity (Wildman–Crippen MR) is 123 cm³/mol. The Bertz CT molecular complexity index is 1020. The molecular weight excluding hydrogens is 416 g/mol. The first-order valence-electron chi connectivity index (χ1n) is 9.83. The maximum atomic E-state index is 13.0. The number of benzene rings is 2. The van der Waals surface area contributed by atoms with Crippen LogP contribution in [0.2, 0.25) is 5.02 Å². The lowest BCUT2D eigenvalue weighted by molar-refractivity contribution is 0.0916. The number of hydrogen-bond acceptors (Lipinski definition) is 5. The van der Waals surface area contributed by atoms with Gasteiger partial charge in [-0.25, -0.2) is 0 Å². The van der Waals surface area contributed by atoms with Crippen LogP contribution in [-0.4, -0.2) is 31.2 Å². The zero-order valence-electron chi connectivity index (χ0n) is 17.7. The highest BCUT2D eigenvalue weighted by molar-refractivity contribution is 6.34. The average molecular weight is 441 g/mol. The van der Waals surface area contributed by atoms with Gasteiger partial charge in [-0.3, -0.25) is 4.79 Å². The van der Waals surface area contributed by atoms with Crippen LogP contribution in [0.3, 0.4) is 0 Å². The summed E-state index contributed by atoms with van der Waals surface area (Å²) < 4.78 is 23.0. The van der Waals surface area contributed by atoms with Crippen molar-refractivity contribution in [3.63, 3.8) is 0 Å². The molecule has 1 aliphatic rings. The van der Waals surface area contributed by atoms with Gasteiger partial charge in [0.1, 0.15) is 41.1 Å². The second-order valence-corrected chi connectivity index (χ2v) is 7.75. The Morgan fingerprint density at radius 3 is 2.55 bits per heavy atom. The predicted octanol–water partition coefficient (Wildman–Crippen LogP) is 5.92. The number of Topliss-reactive ketones (excluding diaryl/α,β-unsaturated/α-hetero) is 1. The molecule has 0 saturated heterocycles. The van der Waals surface area contributed by atoms with Gasteiger partial charge in [-0.2, -0.15) is 0 Å². The Hall–Kier alpha value is -3.18. The van der Waals surface area contributed by atoms with Crippen LogP contribution in [0, 0.1) is 0 Å². The second-order valence-electron chi connectivity index (χ2n) is 7.37. The third-order valence-corrected chi connectivity index (χ3v) is 4.83. The summed E-state index contributed by atoms with van der Waals surface area (Å²) in [6, 6.07) is 8.74. The number of ether oxygens (including phenoxy) is 4. The lowest BCUT2D eigenvalue weighted by Crippen LogP contribution is -2.27. The summed E-state index contributed by atoms with van der Waals surface area (Å²) in [7, 11) is 0. The Labute approximate surface area is 187 Å². The van der Waals surface area contributed by atoms with E-state index in [0.717, 1.165) is 5.56 Å². The van der Waals surface area contributed by atoms with Crippen LogP contribution >= 0.6 is 11.6 Å². The number of carbonyl (C=O) groups excluding carboxylic acids is 1. The smallest absolute Gasteiger partial charge is 0.203 e. The van der Waals surface area contributed by atoms with Crippen molar-refractivity contribution in [3.8, 4) is 23.0 Å². The van der Waals surface area contributed by atoms with E-state index in [4.69, 9.17) is 30.5 Å². The van der Waals surface area contributed by atoms with Crippen LogP contribution in [0.15, 0.2) is 61.7 Å². The van der Waals surface area contributed by atoms with Crippen LogP contribution in [0.5, 0.6) is 23.0 Å². The molecular formula is C25H25ClO5. The molecule has 0 fully saturated rings. The van der Waals surface area contributed by atoms with Crippen LogP contribution in [-0.2, 0) is 0 Å². The third-order valence-electron chi connectivity index (χ3n) is 4.47. The summed E-state index contributed by atoms with van der Waals surface area (Å²) in [4.78, 5) is 13.0. The van der Waals surface area contributed by atoms with Gasteiger partial charge in [-0.15, -0.1) is 0 Å². The van der Waals surface area contributed by atoms with E-state index >= 15 is 0 Å². The topological polar surface area (TPSA) is 54.0 Å². The molecule has 0 unspecified atom stereocenters. The number of hydrogen-bond donors (Lipinski definition) is 0. The molecule has 2 aromatic rings. The molecule has 0 aliphatic carbocycles. The summed E-state index contributed by atoms with van der Waals surface area (Å²) >= 11 is 6.43.